The van der Waals surface area contributed by atoms with E-state index >= 15 is 0 Å². The average molecular weight is 328 g/mol. The summed E-state index contributed by atoms with van der Waals surface area (Å²) >= 11 is 0. The number of hydrogen-bond donors (Lipinski definition) is 1. The Hall–Kier alpha value is -2.82. The maximum atomic E-state index is 12.0. The van der Waals surface area contributed by atoms with Crippen LogP contribution in [0, 0.1) is 0 Å². The van der Waals surface area contributed by atoms with Crippen molar-refractivity contribution in [1.29, 1.82) is 0 Å². The zero-order valence-corrected chi connectivity index (χ0v) is 13.7. The molecular weight excluding hydrogens is 308 g/mol. The monoisotopic (exact) mass is 328 g/mol. The molecule has 0 spiro atoms. The second-order valence-electron chi connectivity index (χ2n) is 5.14. The first-order chi connectivity index (χ1) is 11.6. The molecule has 0 unspecified atom stereocenters. The van der Waals surface area contributed by atoms with Crippen molar-refractivity contribution < 1.29 is 24.2 Å². The summed E-state index contributed by atoms with van der Waals surface area (Å²) in [6, 6.07) is 13.4. The fourth-order valence-electron chi connectivity index (χ4n) is 2.30. The second-order valence-corrected chi connectivity index (χ2v) is 5.14. The van der Waals surface area contributed by atoms with Crippen molar-refractivity contribution in [2.75, 3.05) is 6.61 Å². The van der Waals surface area contributed by atoms with Gasteiger partial charge in [0.05, 0.1) is 12.2 Å². The van der Waals surface area contributed by atoms with Crippen molar-refractivity contribution >= 4 is 11.9 Å². The van der Waals surface area contributed by atoms with Crippen LogP contribution in [-0.2, 0) is 16.0 Å². The molecule has 0 atom stereocenters. The zero-order chi connectivity index (χ0) is 17.5. The summed E-state index contributed by atoms with van der Waals surface area (Å²) in [5.74, 6) is 0.563. The number of rotatable bonds is 3. The summed E-state index contributed by atoms with van der Waals surface area (Å²) in [7, 11) is 0. The fourth-order valence-corrected chi connectivity index (χ4v) is 2.30. The van der Waals surface area contributed by atoms with Gasteiger partial charge in [0.15, 0.2) is 0 Å². The van der Waals surface area contributed by atoms with Crippen molar-refractivity contribution in [3.63, 3.8) is 0 Å². The third-order valence-electron chi connectivity index (χ3n) is 3.49. The number of carbonyl (C=O) groups excluding carboxylic acids is 1. The van der Waals surface area contributed by atoms with Gasteiger partial charge in [-0.15, -0.1) is 0 Å². The van der Waals surface area contributed by atoms with Crippen LogP contribution in [0.4, 0.5) is 0 Å². The molecule has 1 heterocycles. The first kappa shape index (κ1) is 17.5. The van der Waals surface area contributed by atoms with Crippen LogP contribution >= 0.6 is 0 Å². The minimum atomic E-state index is -0.745. The highest BCUT2D eigenvalue weighted by Gasteiger charge is 2.22. The Morgan fingerprint density at radius 2 is 1.75 bits per heavy atom. The third-order valence-corrected chi connectivity index (χ3v) is 3.49. The molecule has 1 aliphatic rings. The van der Waals surface area contributed by atoms with Gasteiger partial charge in [-0.25, -0.2) is 4.79 Å². The molecule has 0 bridgehead atoms. The SMILES string of the molecule is CCC(=O)O.CCOC(=O)c1cccc2c1Cc1ccccc1O2. The van der Waals surface area contributed by atoms with Gasteiger partial charge in [0.1, 0.15) is 11.5 Å². The Morgan fingerprint density at radius 3 is 2.42 bits per heavy atom. The highest BCUT2D eigenvalue weighted by molar-refractivity contribution is 5.92. The number of hydrogen-bond acceptors (Lipinski definition) is 4. The number of ether oxygens (including phenoxy) is 2. The standard InChI is InChI=1S/C16H14O3.C3H6O2/c1-2-18-16(17)12-7-5-9-15-13(12)10-11-6-3-4-8-14(11)19-15;1-2-3(4)5/h3-9H,2,10H2,1H3;2H2,1H3,(H,4,5). The van der Waals surface area contributed by atoms with E-state index in [1.807, 2.05) is 36.4 Å². The normalized spacial score (nSPS) is 11.1. The van der Waals surface area contributed by atoms with Gasteiger partial charge in [0.2, 0.25) is 0 Å². The summed E-state index contributed by atoms with van der Waals surface area (Å²) < 4.78 is 10.9. The molecule has 3 rings (SSSR count). The number of benzene rings is 2. The van der Waals surface area contributed by atoms with E-state index in [9.17, 15) is 9.59 Å². The summed E-state index contributed by atoms with van der Waals surface area (Å²) in [4.78, 5) is 21.3. The molecule has 0 saturated carbocycles. The maximum Gasteiger partial charge on any atom is 0.338 e. The summed E-state index contributed by atoms with van der Waals surface area (Å²) in [6.45, 7) is 3.78. The van der Waals surface area contributed by atoms with Crippen LogP contribution in [0.2, 0.25) is 0 Å². The lowest BCUT2D eigenvalue weighted by Crippen LogP contribution is -2.12. The van der Waals surface area contributed by atoms with Crippen LogP contribution in [0.3, 0.4) is 0 Å². The fraction of sp³-hybridized carbons (Fsp3) is 0.263. The molecule has 2 aromatic rings. The van der Waals surface area contributed by atoms with Gasteiger partial charge in [0, 0.05) is 18.4 Å². The van der Waals surface area contributed by atoms with Crippen LogP contribution in [0.5, 0.6) is 11.5 Å². The quantitative estimate of drug-likeness (QED) is 0.735. The maximum absolute atomic E-state index is 12.0. The minimum Gasteiger partial charge on any atom is -0.481 e. The predicted molar refractivity (Wildman–Crippen MR) is 89.6 cm³/mol. The molecule has 0 aliphatic carbocycles. The van der Waals surface area contributed by atoms with Gasteiger partial charge < -0.3 is 14.6 Å². The number of carboxylic acids is 1. The predicted octanol–water partition coefficient (Wildman–Crippen LogP) is 4.04. The Morgan fingerprint density at radius 1 is 1.08 bits per heavy atom. The van der Waals surface area contributed by atoms with E-state index in [1.165, 1.54) is 0 Å². The van der Waals surface area contributed by atoms with Gasteiger partial charge >= 0.3 is 11.9 Å². The Bertz CT molecular complexity index is 736. The lowest BCUT2D eigenvalue weighted by molar-refractivity contribution is -0.136. The van der Waals surface area contributed by atoms with Crippen molar-refractivity contribution in [3.8, 4) is 11.5 Å². The van der Waals surface area contributed by atoms with Gasteiger partial charge in [-0.2, -0.15) is 0 Å². The van der Waals surface area contributed by atoms with E-state index in [4.69, 9.17) is 14.6 Å². The lowest BCUT2D eigenvalue weighted by atomic mass is 9.96. The molecule has 126 valence electrons. The van der Waals surface area contributed by atoms with Crippen LogP contribution < -0.4 is 4.74 Å². The lowest BCUT2D eigenvalue weighted by Gasteiger charge is -2.21. The minimum absolute atomic E-state index is 0.222. The summed E-state index contributed by atoms with van der Waals surface area (Å²) in [6.07, 6.45) is 0.917. The molecule has 0 radical (unpaired) electrons. The first-order valence-electron chi connectivity index (χ1n) is 7.83. The average Bonchev–Trinajstić information content (AvgIpc) is 2.60. The largest absolute Gasteiger partial charge is 0.481 e. The van der Waals surface area contributed by atoms with E-state index in [-0.39, 0.29) is 12.4 Å². The molecule has 24 heavy (non-hydrogen) atoms. The van der Waals surface area contributed by atoms with Gasteiger partial charge in [0.25, 0.3) is 0 Å². The highest BCUT2D eigenvalue weighted by Crippen LogP contribution is 2.37. The van der Waals surface area contributed by atoms with Crippen molar-refractivity contribution in [2.45, 2.75) is 26.7 Å². The van der Waals surface area contributed by atoms with Gasteiger partial charge in [-0.1, -0.05) is 31.2 Å². The molecule has 0 saturated heterocycles. The second kappa shape index (κ2) is 8.15. The van der Waals surface area contributed by atoms with Crippen LogP contribution in [-0.4, -0.2) is 23.7 Å². The van der Waals surface area contributed by atoms with Crippen LogP contribution in [0.25, 0.3) is 0 Å². The van der Waals surface area contributed by atoms with Crippen molar-refractivity contribution in [1.82, 2.24) is 0 Å². The first-order valence-corrected chi connectivity index (χ1v) is 7.83. The molecule has 1 N–H and O–H groups in total. The van der Waals surface area contributed by atoms with E-state index in [0.29, 0.717) is 18.6 Å². The number of fused-ring (bicyclic) bond motifs is 2. The van der Waals surface area contributed by atoms with Crippen LogP contribution in [0.15, 0.2) is 42.5 Å². The van der Waals surface area contributed by atoms with Gasteiger partial charge in [-0.3, -0.25) is 4.79 Å². The molecular formula is C19H20O5. The molecule has 1 aliphatic heterocycles. The van der Waals surface area contributed by atoms with E-state index < -0.39 is 5.97 Å². The molecule has 0 amide bonds. The van der Waals surface area contributed by atoms with E-state index in [0.717, 1.165) is 22.6 Å². The third kappa shape index (κ3) is 4.13. The number of carbonyl (C=O) groups is 2. The number of para-hydroxylation sites is 1. The Balaban J connectivity index is 0.000000368. The molecule has 0 aromatic heterocycles. The molecule has 0 fully saturated rings. The zero-order valence-electron chi connectivity index (χ0n) is 13.7. The highest BCUT2D eigenvalue weighted by atomic mass is 16.5. The van der Waals surface area contributed by atoms with Crippen molar-refractivity contribution in [2.24, 2.45) is 0 Å². The Kier molecular flexibility index (Phi) is 5.95. The molecule has 5 heteroatoms. The number of carboxylic acid groups (broad SMARTS) is 1. The summed E-state index contributed by atoms with van der Waals surface area (Å²) in [5, 5.41) is 7.72. The van der Waals surface area contributed by atoms with E-state index in [2.05, 4.69) is 0 Å². The van der Waals surface area contributed by atoms with Crippen molar-refractivity contribution in [3.05, 3.63) is 59.2 Å². The smallest absolute Gasteiger partial charge is 0.338 e. The summed E-state index contributed by atoms with van der Waals surface area (Å²) in [5.41, 5.74) is 2.58. The van der Waals surface area contributed by atoms with Crippen LogP contribution in [0.1, 0.15) is 41.8 Å². The Labute approximate surface area is 140 Å². The number of esters is 1. The number of aliphatic carboxylic acids is 1. The van der Waals surface area contributed by atoms with E-state index in [1.54, 1.807) is 19.9 Å². The topological polar surface area (TPSA) is 72.8 Å². The van der Waals surface area contributed by atoms with Gasteiger partial charge in [-0.05, 0) is 30.7 Å². The molecule has 5 nitrogen and oxygen atoms in total. The molecule has 2 aromatic carbocycles.